The van der Waals surface area contributed by atoms with Gasteiger partial charge < -0.3 is 9.42 Å². The number of hydrogen-bond donors (Lipinski definition) is 0. The number of hydrogen-bond acceptors (Lipinski definition) is 4. The summed E-state index contributed by atoms with van der Waals surface area (Å²) in [5.74, 6) is 0.993. The number of carbonyl (C=O) groups is 1. The van der Waals surface area contributed by atoms with Crippen molar-refractivity contribution < 1.29 is 9.32 Å². The van der Waals surface area contributed by atoms with Crippen LogP contribution in [0, 0.1) is 0 Å². The van der Waals surface area contributed by atoms with Crippen LogP contribution in [0.25, 0.3) is 11.4 Å². The average Bonchev–Trinajstić information content (AvgIpc) is 2.89. The van der Waals surface area contributed by atoms with Crippen molar-refractivity contribution >= 4 is 5.91 Å². The maximum atomic E-state index is 11.5. The maximum Gasteiger partial charge on any atom is 0.249 e. The van der Waals surface area contributed by atoms with E-state index in [-0.39, 0.29) is 11.9 Å². The Balaban J connectivity index is 2.24. The fraction of sp³-hybridized carbons (Fsp3) is 0.357. The summed E-state index contributed by atoms with van der Waals surface area (Å²) in [6, 6.07) is 9.39. The summed E-state index contributed by atoms with van der Waals surface area (Å²) in [5, 5.41) is 3.96. The van der Waals surface area contributed by atoms with Gasteiger partial charge in [0.25, 0.3) is 0 Å². The van der Waals surface area contributed by atoms with Crippen molar-refractivity contribution in [1.29, 1.82) is 0 Å². The Kier molecular flexibility index (Phi) is 3.94. The molecule has 0 saturated carbocycles. The molecule has 0 N–H and O–H groups in total. The van der Waals surface area contributed by atoms with Crippen LogP contribution in [0.15, 0.2) is 34.9 Å². The highest BCUT2D eigenvalue weighted by molar-refractivity contribution is 5.73. The van der Waals surface area contributed by atoms with Crippen LogP contribution in [0.4, 0.5) is 0 Å². The largest absolute Gasteiger partial charge is 0.337 e. The molecule has 19 heavy (non-hydrogen) atoms. The minimum absolute atomic E-state index is 0.00513. The molecular weight excluding hydrogens is 242 g/mol. The lowest BCUT2D eigenvalue weighted by atomic mass is 10.2. The second kappa shape index (κ2) is 5.65. The molecule has 2 rings (SSSR count). The molecule has 0 saturated heterocycles. The third-order valence-corrected chi connectivity index (χ3v) is 3.04. The summed E-state index contributed by atoms with van der Waals surface area (Å²) in [5.41, 5.74) is 0.899. The monoisotopic (exact) mass is 259 g/mol. The number of nitrogens with zero attached hydrogens (tertiary/aromatic N) is 3. The van der Waals surface area contributed by atoms with Crippen molar-refractivity contribution in [3.05, 3.63) is 36.2 Å². The fourth-order valence-electron chi connectivity index (χ4n) is 2.01. The first kappa shape index (κ1) is 13.3. The van der Waals surface area contributed by atoms with Gasteiger partial charge in [0.1, 0.15) is 6.04 Å². The van der Waals surface area contributed by atoms with Crippen molar-refractivity contribution in [2.75, 3.05) is 6.54 Å². The quantitative estimate of drug-likeness (QED) is 0.847. The number of amides is 1. The molecule has 2 aromatic rings. The summed E-state index contributed by atoms with van der Waals surface area (Å²) in [6.45, 7) is 5.95. The smallest absolute Gasteiger partial charge is 0.249 e. The van der Waals surface area contributed by atoms with Gasteiger partial charge in [-0.3, -0.25) is 4.79 Å². The van der Waals surface area contributed by atoms with E-state index in [1.807, 2.05) is 44.2 Å². The van der Waals surface area contributed by atoms with Crippen LogP contribution in [0.2, 0.25) is 0 Å². The SMILES string of the molecule is CCN(C(C)=O)C(C)c1nc(-c2ccccc2)no1. The zero-order valence-electron chi connectivity index (χ0n) is 11.3. The van der Waals surface area contributed by atoms with Crippen LogP contribution in [-0.2, 0) is 4.79 Å². The van der Waals surface area contributed by atoms with Crippen molar-refractivity contribution in [2.45, 2.75) is 26.8 Å². The van der Waals surface area contributed by atoms with E-state index in [0.717, 1.165) is 5.56 Å². The second-order valence-corrected chi connectivity index (χ2v) is 4.30. The van der Waals surface area contributed by atoms with E-state index >= 15 is 0 Å². The van der Waals surface area contributed by atoms with E-state index in [0.29, 0.717) is 18.3 Å². The van der Waals surface area contributed by atoms with Crippen LogP contribution in [-0.4, -0.2) is 27.5 Å². The van der Waals surface area contributed by atoms with Gasteiger partial charge in [-0.05, 0) is 13.8 Å². The minimum Gasteiger partial charge on any atom is -0.337 e. The third kappa shape index (κ3) is 2.81. The Labute approximate surface area is 112 Å². The first-order chi connectivity index (χ1) is 9.13. The van der Waals surface area contributed by atoms with Gasteiger partial charge in [0, 0.05) is 19.0 Å². The second-order valence-electron chi connectivity index (χ2n) is 4.30. The predicted molar refractivity (Wildman–Crippen MR) is 71.2 cm³/mol. The lowest BCUT2D eigenvalue weighted by Gasteiger charge is -2.23. The van der Waals surface area contributed by atoms with Crippen LogP contribution >= 0.6 is 0 Å². The normalized spacial score (nSPS) is 12.2. The number of carbonyl (C=O) groups excluding carboxylic acids is 1. The lowest BCUT2D eigenvalue weighted by Crippen LogP contribution is -2.31. The molecule has 1 atom stereocenters. The molecule has 5 heteroatoms. The average molecular weight is 259 g/mol. The first-order valence-corrected chi connectivity index (χ1v) is 6.29. The van der Waals surface area contributed by atoms with Crippen LogP contribution < -0.4 is 0 Å². The molecular formula is C14H17N3O2. The number of rotatable bonds is 4. The zero-order chi connectivity index (χ0) is 13.8. The highest BCUT2D eigenvalue weighted by Crippen LogP contribution is 2.22. The topological polar surface area (TPSA) is 59.2 Å². The molecule has 0 aliphatic carbocycles. The van der Waals surface area contributed by atoms with Gasteiger partial charge in [-0.15, -0.1) is 0 Å². The minimum atomic E-state index is -0.215. The third-order valence-electron chi connectivity index (χ3n) is 3.04. The van der Waals surface area contributed by atoms with E-state index in [9.17, 15) is 4.79 Å². The van der Waals surface area contributed by atoms with Crippen molar-refractivity contribution in [2.24, 2.45) is 0 Å². The zero-order valence-corrected chi connectivity index (χ0v) is 11.3. The lowest BCUT2D eigenvalue weighted by molar-refractivity contribution is -0.131. The Hall–Kier alpha value is -2.17. The Morgan fingerprint density at radius 3 is 2.63 bits per heavy atom. The molecule has 1 unspecified atom stereocenters. The molecule has 0 aliphatic heterocycles. The van der Waals surface area contributed by atoms with Gasteiger partial charge in [0.05, 0.1) is 0 Å². The van der Waals surface area contributed by atoms with Gasteiger partial charge in [-0.1, -0.05) is 35.5 Å². The fourth-order valence-corrected chi connectivity index (χ4v) is 2.01. The van der Waals surface area contributed by atoms with E-state index in [1.54, 1.807) is 4.90 Å². The molecule has 1 aromatic heterocycles. The molecule has 0 fully saturated rings. The maximum absolute atomic E-state index is 11.5. The Bertz CT molecular complexity index is 551. The summed E-state index contributed by atoms with van der Waals surface area (Å²) >= 11 is 0. The molecule has 1 amide bonds. The van der Waals surface area contributed by atoms with Crippen molar-refractivity contribution in [3.63, 3.8) is 0 Å². The van der Waals surface area contributed by atoms with E-state index in [1.165, 1.54) is 6.92 Å². The highest BCUT2D eigenvalue weighted by atomic mass is 16.5. The van der Waals surface area contributed by atoms with E-state index in [4.69, 9.17) is 4.52 Å². The molecule has 0 radical (unpaired) electrons. The molecule has 5 nitrogen and oxygen atoms in total. The van der Waals surface area contributed by atoms with Gasteiger partial charge in [0.2, 0.25) is 17.6 Å². The van der Waals surface area contributed by atoms with Gasteiger partial charge in [-0.2, -0.15) is 4.98 Å². The molecule has 0 spiro atoms. The summed E-state index contributed by atoms with van der Waals surface area (Å²) in [4.78, 5) is 17.5. The van der Waals surface area contributed by atoms with Crippen LogP contribution in [0.1, 0.15) is 32.7 Å². The summed E-state index contributed by atoms with van der Waals surface area (Å²) in [7, 11) is 0. The molecule has 1 aromatic carbocycles. The molecule has 1 heterocycles. The molecule has 0 bridgehead atoms. The summed E-state index contributed by atoms with van der Waals surface area (Å²) < 4.78 is 5.26. The molecule has 0 aliphatic rings. The van der Waals surface area contributed by atoms with Crippen molar-refractivity contribution in [1.82, 2.24) is 15.0 Å². The van der Waals surface area contributed by atoms with Crippen LogP contribution in [0.3, 0.4) is 0 Å². The molecule has 100 valence electrons. The van der Waals surface area contributed by atoms with Gasteiger partial charge in [-0.25, -0.2) is 0 Å². The Morgan fingerprint density at radius 1 is 1.37 bits per heavy atom. The number of aromatic nitrogens is 2. The first-order valence-electron chi connectivity index (χ1n) is 6.29. The number of benzene rings is 1. The highest BCUT2D eigenvalue weighted by Gasteiger charge is 2.22. The van der Waals surface area contributed by atoms with E-state index < -0.39 is 0 Å². The van der Waals surface area contributed by atoms with Crippen molar-refractivity contribution in [3.8, 4) is 11.4 Å². The van der Waals surface area contributed by atoms with E-state index in [2.05, 4.69) is 10.1 Å². The van der Waals surface area contributed by atoms with Crippen LogP contribution in [0.5, 0.6) is 0 Å². The predicted octanol–water partition coefficient (Wildman–Crippen LogP) is 2.67. The standard InChI is InChI=1S/C14H17N3O2/c1-4-17(11(3)18)10(2)14-15-13(16-19-14)12-8-6-5-7-9-12/h5-10H,4H2,1-3H3. The van der Waals surface area contributed by atoms with Gasteiger partial charge in [0.15, 0.2) is 0 Å². The Morgan fingerprint density at radius 2 is 2.05 bits per heavy atom. The van der Waals surface area contributed by atoms with Gasteiger partial charge >= 0.3 is 0 Å². The summed E-state index contributed by atoms with van der Waals surface area (Å²) in [6.07, 6.45) is 0.